The van der Waals surface area contributed by atoms with Crippen molar-refractivity contribution < 1.29 is 9.53 Å². The molecule has 1 fully saturated rings. The first kappa shape index (κ1) is 9.52. The van der Waals surface area contributed by atoms with Gasteiger partial charge in [-0.05, 0) is 19.3 Å². The van der Waals surface area contributed by atoms with Crippen molar-refractivity contribution in [1.29, 1.82) is 0 Å². The molecular formula is C9H17NO2. The van der Waals surface area contributed by atoms with Crippen LogP contribution in [0.1, 0.15) is 32.1 Å². The van der Waals surface area contributed by atoms with Gasteiger partial charge in [0.15, 0.2) is 0 Å². The first-order chi connectivity index (χ1) is 5.86. The lowest BCUT2D eigenvalue weighted by Crippen LogP contribution is -2.30. The summed E-state index contributed by atoms with van der Waals surface area (Å²) in [7, 11) is 1.74. The maximum absolute atomic E-state index is 10.2. The fourth-order valence-corrected chi connectivity index (χ4v) is 1.78. The number of hydrogen-bond donors (Lipinski definition) is 1. The van der Waals surface area contributed by atoms with Crippen molar-refractivity contribution in [3.8, 4) is 0 Å². The van der Waals surface area contributed by atoms with Crippen LogP contribution in [0.2, 0.25) is 0 Å². The Bertz CT molecular complexity index is 138. The highest BCUT2D eigenvalue weighted by molar-refractivity contribution is 5.46. The molecule has 0 aromatic carbocycles. The summed E-state index contributed by atoms with van der Waals surface area (Å²) in [6.45, 7) is 0. The van der Waals surface area contributed by atoms with Crippen LogP contribution in [0.3, 0.4) is 0 Å². The third-order valence-electron chi connectivity index (χ3n) is 2.51. The van der Waals surface area contributed by atoms with Gasteiger partial charge in [0.05, 0.1) is 6.10 Å². The molecule has 70 valence electrons. The third-order valence-corrected chi connectivity index (χ3v) is 2.51. The molecule has 0 spiro atoms. The van der Waals surface area contributed by atoms with Gasteiger partial charge < -0.3 is 10.1 Å². The van der Waals surface area contributed by atoms with E-state index in [1.165, 1.54) is 12.8 Å². The second kappa shape index (κ2) is 5.14. The van der Waals surface area contributed by atoms with Crippen LogP contribution in [0.5, 0.6) is 0 Å². The van der Waals surface area contributed by atoms with Crippen molar-refractivity contribution in [2.45, 2.75) is 44.2 Å². The standard InChI is InChI=1S/C9H17NO2/c1-12-9-5-3-2-4-8(6-9)10-7-11/h7-9H,2-6H2,1H3,(H,10,11). The highest BCUT2D eigenvalue weighted by Gasteiger charge is 2.18. The second-order valence-corrected chi connectivity index (χ2v) is 3.36. The Hall–Kier alpha value is -0.570. The maximum Gasteiger partial charge on any atom is 0.207 e. The van der Waals surface area contributed by atoms with E-state index < -0.39 is 0 Å². The van der Waals surface area contributed by atoms with Gasteiger partial charge in [0, 0.05) is 13.2 Å². The molecule has 1 rings (SSSR count). The van der Waals surface area contributed by atoms with Crippen molar-refractivity contribution in [2.75, 3.05) is 7.11 Å². The number of nitrogens with one attached hydrogen (secondary N) is 1. The zero-order chi connectivity index (χ0) is 8.81. The van der Waals surface area contributed by atoms with Gasteiger partial charge in [0.2, 0.25) is 6.41 Å². The number of ether oxygens (including phenoxy) is 1. The summed E-state index contributed by atoms with van der Waals surface area (Å²) in [4.78, 5) is 10.2. The van der Waals surface area contributed by atoms with Crippen molar-refractivity contribution in [3.05, 3.63) is 0 Å². The summed E-state index contributed by atoms with van der Waals surface area (Å²) in [5.74, 6) is 0. The number of amides is 1. The van der Waals surface area contributed by atoms with Crippen LogP contribution >= 0.6 is 0 Å². The molecule has 0 radical (unpaired) electrons. The van der Waals surface area contributed by atoms with E-state index in [4.69, 9.17) is 4.74 Å². The quantitative estimate of drug-likeness (QED) is 0.509. The molecule has 2 unspecified atom stereocenters. The molecule has 3 heteroatoms. The molecule has 1 aliphatic rings. The first-order valence-electron chi connectivity index (χ1n) is 4.59. The van der Waals surface area contributed by atoms with E-state index >= 15 is 0 Å². The number of methoxy groups -OCH3 is 1. The molecule has 0 bridgehead atoms. The lowest BCUT2D eigenvalue weighted by atomic mass is 10.1. The summed E-state index contributed by atoms with van der Waals surface area (Å²) in [5, 5.41) is 2.83. The second-order valence-electron chi connectivity index (χ2n) is 3.36. The zero-order valence-electron chi connectivity index (χ0n) is 7.58. The van der Waals surface area contributed by atoms with Gasteiger partial charge in [-0.1, -0.05) is 12.8 Å². The Morgan fingerprint density at radius 1 is 1.42 bits per heavy atom. The zero-order valence-corrected chi connectivity index (χ0v) is 7.58. The van der Waals surface area contributed by atoms with E-state index in [2.05, 4.69) is 5.32 Å². The average Bonchev–Trinajstić information content (AvgIpc) is 2.30. The van der Waals surface area contributed by atoms with Crippen molar-refractivity contribution in [1.82, 2.24) is 5.32 Å². The monoisotopic (exact) mass is 171 g/mol. The number of carbonyl (C=O) groups excluding carboxylic acids is 1. The van der Waals surface area contributed by atoms with Gasteiger partial charge in [-0.2, -0.15) is 0 Å². The summed E-state index contributed by atoms with van der Waals surface area (Å²) in [5.41, 5.74) is 0. The topological polar surface area (TPSA) is 38.3 Å². The Kier molecular flexibility index (Phi) is 4.08. The highest BCUT2D eigenvalue weighted by atomic mass is 16.5. The summed E-state index contributed by atoms with van der Waals surface area (Å²) < 4.78 is 5.29. The number of rotatable bonds is 3. The molecule has 1 aliphatic carbocycles. The molecule has 1 amide bonds. The van der Waals surface area contributed by atoms with E-state index in [-0.39, 0.29) is 0 Å². The Labute approximate surface area is 73.5 Å². The minimum atomic E-state index is 0.329. The van der Waals surface area contributed by atoms with Crippen molar-refractivity contribution in [2.24, 2.45) is 0 Å². The van der Waals surface area contributed by atoms with Crippen LogP contribution < -0.4 is 5.32 Å². The molecule has 0 heterocycles. The normalized spacial score (nSPS) is 30.8. The minimum absolute atomic E-state index is 0.329. The van der Waals surface area contributed by atoms with Crippen molar-refractivity contribution in [3.63, 3.8) is 0 Å². The van der Waals surface area contributed by atoms with Crippen LogP contribution in [-0.2, 0) is 9.53 Å². The number of carbonyl (C=O) groups is 1. The molecular weight excluding hydrogens is 154 g/mol. The molecule has 0 aliphatic heterocycles. The molecule has 2 atom stereocenters. The smallest absolute Gasteiger partial charge is 0.207 e. The SMILES string of the molecule is COC1CCCCC(NC=O)C1. The fraction of sp³-hybridized carbons (Fsp3) is 0.889. The van der Waals surface area contributed by atoms with E-state index in [1.807, 2.05) is 0 Å². The van der Waals surface area contributed by atoms with Crippen LogP contribution in [0.15, 0.2) is 0 Å². The van der Waals surface area contributed by atoms with Gasteiger partial charge >= 0.3 is 0 Å². The third kappa shape index (κ3) is 2.81. The largest absolute Gasteiger partial charge is 0.381 e. The molecule has 1 saturated carbocycles. The summed E-state index contributed by atoms with van der Waals surface area (Å²) >= 11 is 0. The molecule has 0 aromatic rings. The first-order valence-corrected chi connectivity index (χ1v) is 4.59. The number of hydrogen-bond acceptors (Lipinski definition) is 2. The molecule has 12 heavy (non-hydrogen) atoms. The Balaban J connectivity index is 2.35. The minimum Gasteiger partial charge on any atom is -0.381 e. The predicted octanol–water partition coefficient (Wildman–Crippen LogP) is 1.08. The summed E-state index contributed by atoms with van der Waals surface area (Å²) in [6, 6.07) is 0.329. The lowest BCUT2D eigenvalue weighted by Gasteiger charge is -2.17. The van der Waals surface area contributed by atoms with E-state index in [1.54, 1.807) is 7.11 Å². The average molecular weight is 171 g/mol. The summed E-state index contributed by atoms with van der Waals surface area (Å²) in [6.07, 6.45) is 6.75. The molecule has 1 N–H and O–H groups in total. The van der Waals surface area contributed by atoms with E-state index in [9.17, 15) is 4.79 Å². The maximum atomic E-state index is 10.2. The fourth-order valence-electron chi connectivity index (χ4n) is 1.78. The van der Waals surface area contributed by atoms with Crippen LogP contribution in [0.4, 0.5) is 0 Å². The van der Waals surface area contributed by atoms with Crippen LogP contribution in [0.25, 0.3) is 0 Å². The molecule has 0 saturated heterocycles. The highest BCUT2D eigenvalue weighted by Crippen LogP contribution is 2.19. The van der Waals surface area contributed by atoms with Gasteiger partial charge in [0.1, 0.15) is 0 Å². The van der Waals surface area contributed by atoms with Crippen LogP contribution in [-0.4, -0.2) is 25.7 Å². The van der Waals surface area contributed by atoms with Gasteiger partial charge in [-0.15, -0.1) is 0 Å². The van der Waals surface area contributed by atoms with Crippen molar-refractivity contribution >= 4 is 6.41 Å². The van der Waals surface area contributed by atoms with Crippen LogP contribution in [0, 0.1) is 0 Å². The molecule has 3 nitrogen and oxygen atoms in total. The molecule has 0 aromatic heterocycles. The van der Waals surface area contributed by atoms with E-state index in [0.717, 1.165) is 25.7 Å². The van der Waals surface area contributed by atoms with E-state index in [0.29, 0.717) is 12.1 Å². The van der Waals surface area contributed by atoms with Gasteiger partial charge in [-0.3, -0.25) is 4.79 Å². The Morgan fingerprint density at radius 3 is 2.83 bits per heavy atom. The lowest BCUT2D eigenvalue weighted by molar-refractivity contribution is -0.110. The Morgan fingerprint density at radius 2 is 2.17 bits per heavy atom. The van der Waals surface area contributed by atoms with Gasteiger partial charge in [0.25, 0.3) is 0 Å². The predicted molar refractivity (Wildman–Crippen MR) is 46.9 cm³/mol. The van der Waals surface area contributed by atoms with Gasteiger partial charge in [-0.25, -0.2) is 0 Å².